The molecular formula is C16H21N3O3S. The first-order valence-corrected chi connectivity index (χ1v) is 8.74. The van der Waals surface area contributed by atoms with Crippen LogP contribution in [0.5, 0.6) is 0 Å². The van der Waals surface area contributed by atoms with Gasteiger partial charge in [0.05, 0.1) is 13.0 Å². The van der Waals surface area contributed by atoms with Crippen LogP contribution in [0.2, 0.25) is 0 Å². The molecule has 0 spiro atoms. The Morgan fingerprint density at radius 3 is 2.87 bits per heavy atom. The number of nitrogens with zero attached hydrogens (tertiary/aromatic N) is 2. The van der Waals surface area contributed by atoms with E-state index < -0.39 is 0 Å². The number of carbonyl (C=O) groups excluding carboxylic acids is 2. The van der Waals surface area contributed by atoms with Crippen molar-refractivity contribution in [3.05, 3.63) is 23.0 Å². The zero-order chi connectivity index (χ0) is 16.4. The minimum absolute atomic E-state index is 0.126. The molecule has 2 aromatic rings. The van der Waals surface area contributed by atoms with Crippen LogP contribution in [0.25, 0.3) is 4.96 Å². The Kier molecular flexibility index (Phi) is 4.66. The highest BCUT2D eigenvalue weighted by atomic mass is 32.1. The molecule has 1 fully saturated rings. The van der Waals surface area contributed by atoms with Gasteiger partial charge in [-0.25, -0.2) is 4.98 Å². The Morgan fingerprint density at radius 2 is 2.13 bits per heavy atom. The number of nitrogens with one attached hydrogen (secondary N) is 1. The summed E-state index contributed by atoms with van der Waals surface area (Å²) < 4.78 is 6.83. The number of methoxy groups -OCH3 is 1. The summed E-state index contributed by atoms with van der Waals surface area (Å²) in [4.78, 5) is 30.4. The second-order valence-electron chi connectivity index (χ2n) is 5.94. The molecule has 3 rings (SSSR count). The Hall–Kier alpha value is -1.89. The first-order valence-electron chi connectivity index (χ1n) is 7.93. The number of amides is 1. The van der Waals surface area contributed by atoms with Gasteiger partial charge in [-0.05, 0) is 19.8 Å². The maximum atomic E-state index is 12.7. The maximum absolute atomic E-state index is 12.7. The lowest BCUT2D eigenvalue weighted by Gasteiger charge is -2.24. The van der Waals surface area contributed by atoms with Crippen LogP contribution in [-0.4, -0.2) is 34.4 Å². The van der Waals surface area contributed by atoms with E-state index in [0.29, 0.717) is 4.88 Å². The quantitative estimate of drug-likeness (QED) is 0.691. The predicted octanol–water partition coefficient (Wildman–Crippen LogP) is 2.56. The standard InChI is InChI=1S/C16H21N3O3S/c1-10-13(23-16-17-8-9-19(10)16)14(20)18-12-7-5-3-4-6-11(12)15(21)22-2/h8-9,11-12H,3-7H2,1-2H3,(H,18,20)/t11-,12+/m0/s1. The average molecular weight is 335 g/mol. The molecule has 0 aliphatic heterocycles. The number of aryl methyl sites for hydroxylation is 1. The van der Waals surface area contributed by atoms with E-state index in [1.54, 1.807) is 6.20 Å². The monoisotopic (exact) mass is 335 g/mol. The van der Waals surface area contributed by atoms with E-state index in [1.165, 1.54) is 18.4 Å². The molecule has 2 aromatic heterocycles. The van der Waals surface area contributed by atoms with Gasteiger partial charge in [-0.15, -0.1) is 0 Å². The van der Waals surface area contributed by atoms with Crippen LogP contribution in [0, 0.1) is 12.8 Å². The lowest BCUT2D eigenvalue weighted by atomic mass is 9.94. The van der Waals surface area contributed by atoms with Crippen molar-refractivity contribution in [2.24, 2.45) is 5.92 Å². The van der Waals surface area contributed by atoms with Crippen LogP contribution in [-0.2, 0) is 9.53 Å². The number of imidazole rings is 1. The number of hydrogen-bond acceptors (Lipinski definition) is 5. The molecule has 0 bridgehead atoms. The SMILES string of the molecule is COC(=O)[C@H]1CCCCC[C@H]1NC(=O)c1sc2nccn2c1C. The summed E-state index contributed by atoms with van der Waals surface area (Å²) in [5.41, 5.74) is 0.878. The summed E-state index contributed by atoms with van der Waals surface area (Å²) in [5, 5.41) is 3.06. The summed E-state index contributed by atoms with van der Waals surface area (Å²) in [7, 11) is 1.41. The number of fused-ring (bicyclic) bond motifs is 1. The van der Waals surface area contributed by atoms with E-state index in [2.05, 4.69) is 10.3 Å². The van der Waals surface area contributed by atoms with Crippen molar-refractivity contribution >= 4 is 28.2 Å². The number of carbonyl (C=O) groups is 2. The van der Waals surface area contributed by atoms with Gasteiger partial charge in [0.2, 0.25) is 0 Å². The Balaban J connectivity index is 1.80. The van der Waals surface area contributed by atoms with Crippen molar-refractivity contribution < 1.29 is 14.3 Å². The topological polar surface area (TPSA) is 72.7 Å². The maximum Gasteiger partial charge on any atom is 0.310 e. The van der Waals surface area contributed by atoms with Crippen molar-refractivity contribution in [3.63, 3.8) is 0 Å². The Morgan fingerprint density at radius 1 is 1.35 bits per heavy atom. The molecule has 1 aliphatic rings. The molecule has 0 saturated heterocycles. The van der Waals surface area contributed by atoms with Crippen LogP contribution in [0.15, 0.2) is 12.4 Å². The van der Waals surface area contributed by atoms with Crippen LogP contribution in [0.4, 0.5) is 0 Å². The van der Waals surface area contributed by atoms with Gasteiger partial charge < -0.3 is 10.1 Å². The highest BCUT2D eigenvalue weighted by molar-refractivity contribution is 7.19. The second-order valence-corrected chi connectivity index (χ2v) is 6.92. The van der Waals surface area contributed by atoms with Crippen molar-refractivity contribution in [2.75, 3.05) is 7.11 Å². The molecule has 23 heavy (non-hydrogen) atoms. The molecule has 7 heteroatoms. The Labute approximate surface area is 138 Å². The number of thiazole rings is 1. The van der Waals surface area contributed by atoms with Crippen LogP contribution in [0.1, 0.15) is 47.5 Å². The van der Waals surface area contributed by atoms with Gasteiger partial charge in [0, 0.05) is 24.1 Å². The predicted molar refractivity (Wildman–Crippen MR) is 87.7 cm³/mol. The molecule has 0 radical (unpaired) electrons. The largest absolute Gasteiger partial charge is 0.469 e. The number of rotatable bonds is 3. The lowest BCUT2D eigenvalue weighted by molar-refractivity contribution is -0.146. The van der Waals surface area contributed by atoms with E-state index in [0.717, 1.165) is 42.8 Å². The van der Waals surface area contributed by atoms with Crippen molar-refractivity contribution in [1.29, 1.82) is 0 Å². The summed E-state index contributed by atoms with van der Waals surface area (Å²) in [6, 6.07) is -0.161. The fraction of sp³-hybridized carbons (Fsp3) is 0.562. The third-order valence-electron chi connectivity index (χ3n) is 4.53. The third-order valence-corrected chi connectivity index (χ3v) is 5.70. The zero-order valence-electron chi connectivity index (χ0n) is 13.4. The molecule has 2 atom stereocenters. The third kappa shape index (κ3) is 3.10. The minimum Gasteiger partial charge on any atom is -0.469 e. The van der Waals surface area contributed by atoms with Gasteiger partial charge >= 0.3 is 5.97 Å². The van der Waals surface area contributed by atoms with E-state index >= 15 is 0 Å². The molecule has 124 valence electrons. The fourth-order valence-corrected chi connectivity index (χ4v) is 4.24. The Bertz CT molecular complexity index is 721. The molecule has 2 heterocycles. The highest BCUT2D eigenvalue weighted by Crippen LogP contribution is 2.26. The smallest absolute Gasteiger partial charge is 0.310 e. The molecule has 1 saturated carbocycles. The zero-order valence-corrected chi connectivity index (χ0v) is 14.2. The molecule has 0 aromatic carbocycles. The molecule has 1 aliphatic carbocycles. The number of aromatic nitrogens is 2. The van der Waals surface area contributed by atoms with Gasteiger partial charge in [-0.1, -0.05) is 30.6 Å². The molecule has 1 N–H and O–H groups in total. The van der Waals surface area contributed by atoms with Crippen LogP contribution in [0.3, 0.4) is 0 Å². The van der Waals surface area contributed by atoms with E-state index in [-0.39, 0.29) is 23.8 Å². The van der Waals surface area contributed by atoms with Crippen molar-refractivity contribution in [2.45, 2.75) is 45.1 Å². The summed E-state index contributed by atoms with van der Waals surface area (Å²) in [6.45, 7) is 1.91. The summed E-state index contributed by atoms with van der Waals surface area (Å²) in [5.74, 6) is -0.607. The molecule has 6 nitrogen and oxygen atoms in total. The van der Waals surface area contributed by atoms with Crippen molar-refractivity contribution in [3.8, 4) is 0 Å². The van der Waals surface area contributed by atoms with Gasteiger partial charge in [0.25, 0.3) is 5.91 Å². The number of esters is 1. The van der Waals surface area contributed by atoms with Gasteiger partial charge in [-0.3, -0.25) is 14.0 Å². The normalized spacial score (nSPS) is 21.8. The molecular weight excluding hydrogens is 314 g/mol. The summed E-state index contributed by atoms with van der Waals surface area (Å²) >= 11 is 1.37. The van der Waals surface area contributed by atoms with E-state index in [4.69, 9.17) is 4.74 Å². The average Bonchev–Trinajstić information content (AvgIpc) is 3.04. The molecule has 1 amide bonds. The number of ether oxygens (including phenoxy) is 1. The van der Waals surface area contributed by atoms with E-state index in [9.17, 15) is 9.59 Å². The first-order chi connectivity index (χ1) is 11.1. The second kappa shape index (κ2) is 6.70. The van der Waals surface area contributed by atoms with Crippen LogP contribution < -0.4 is 5.32 Å². The van der Waals surface area contributed by atoms with Gasteiger partial charge in [0.15, 0.2) is 4.96 Å². The van der Waals surface area contributed by atoms with Crippen LogP contribution >= 0.6 is 11.3 Å². The summed E-state index contributed by atoms with van der Waals surface area (Å²) in [6.07, 6.45) is 8.26. The minimum atomic E-state index is -0.254. The van der Waals surface area contributed by atoms with E-state index in [1.807, 2.05) is 17.5 Å². The van der Waals surface area contributed by atoms with Gasteiger partial charge in [0.1, 0.15) is 4.88 Å². The lowest BCUT2D eigenvalue weighted by Crippen LogP contribution is -2.43. The molecule has 0 unspecified atom stereocenters. The van der Waals surface area contributed by atoms with Gasteiger partial charge in [-0.2, -0.15) is 0 Å². The first kappa shape index (κ1) is 16.0. The van der Waals surface area contributed by atoms with Crippen molar-refractivity contribution in [1.82, 2.24) is 14.7 Å². The number of hydrogen-bond donors (Lipinski definition) is 1. The highest BCUT2D eigenvalue weighted by Gasteiger charge is 2.32. The fourth-order valence-electron chi connectivity index (χ4n) is 3.25.